The van der Waals surface area contributed by atoms with Crippen molar-refractivity contribution < 1.29 is 4.79 Å². The minimum atomic E-state index is -0.191. The molecule has 0 radical (unpaired) electrons. The number of nitrogens with two attached hydrogens (primary N) is 1. The predicted molar refractivity (Wildman–Crippen MR) is 98.3 cm³/mol. The van der Waals surface area contributed by atoms with Crippen LogP contribution in [0.4, 0.5) is 0 Å². The first-order valence-corrected chi connectivity index (χ1v) is 8.06. The van der Waals surface area contributed by atoms with Gasteiger partial charge in [0.2, 0.25) is 5.91 Å². The smallest absolute Gasteiger partial charge is 0.224 e. The Balaban J connectivity index is 0.00000132. The molecule has 1 amide bonds. The molecule has 1 heterocycles. The van der Waals surface area contributed by atoms with Gasteiger partial charge in [-0.3, -0.25) is 9.69 Å². The van der Waals surface area contributed by atoms with E-state index in [1.165, 1.54) is 19.3 Å². The second-order valence-electron chi connectivity index (χ2n) is 6.22. The van der Waals surface area contributed by atoms with Gasteiger partial charge in [0.1, 0.15) is 0 Å². The van der Waals surface area contributed by atoms with Crippen LogP contribution in [0.1, 0.15) is 37.3 Å². The quantitative estimate of drug-likeness (QED) is 0.898. The van der Waals surface area contributed by atoms with Crippen LogP contribution in [0, 0.1) is 0 Å². The minimum Gasteiger partial charge on any atom is -0.340 e. The molecule has 2 fully saturated rings. The summed E-state index contributed by atoms with van der Waals surface area (Å²) in [5.41, 5.74) is 7.19. The van der Waals surface area contributed by atoms with Gasteiger partial charge in [-0.15, -0.1) is 24.8 Å². The van der Waals surface area contributed by atoms with Gasteiger partial charge in [-0.1, -0.05) is 36.8 Å². The molecule has 0 spiro atoms. The van der Waals surface area contributed by atoms with Crippen molar-refractivity contribution in [3.63, 3.8) is 0 Å². The molecule has 0 bridgehead atoms. The lowest BCUT2D eigenvalue weighted by Gasteiger charge is -2.43. The van der Waals surface area contributed by atoms with Crippen molar-refractivity contribution in [3.05, 3.63) is 35.9 Å². The van der Waals surface area contributed by atoms with Crippen LogP contribution < -0.4 is 5.73 Å². The first-order chi connectivity index (χ1) is 10.2. The minimum absolute atomic E-state index is 0. The Hall–Kier alpha value is -0.810. The highest BCUT2D eigenvalue weighted by Gasteiger charge is 2.29. The van der Waals surface area contributed by atoms with Gasteiger partial charge in [-0.25, -0.2) is 0 Å². The lowest BCUT2D eigenvalue weighted by Crippen LogP contribution is -2.53. The van der Waals surface area contributed by atoms with Crippen LogP contribution in [0.5, 0.6) is 0 Å². The topological polar surface area (TPSA) is 49.6 Å². The number of hydrogen-bond donors (Lipinski definition) is 1. The van der Waals surface area contributed by atoms with Crippen LogP contribution >= 0.6 is 24.8 Å². The van der Waals surface area contributed by atoms with Gasteiger partial charge < -0.3 is 10.6 Å². The molecule has 3 rings (SSSR count). The molecule has 1 unspecified atom stereocenters. The van der Waals surface area contributed by atoms with Gasteiger partial charge >= 0.3 is 0 Å². The van der Waals surface area contributed by atoms with Gasteiger partial charge in [-0.2, -0.15) is 0 Å². The Morgan fingerprint density at radius 2 is 1.70 bits per heavy atom. The number of nitrogens with zero attached hydrogens (tertiary/aromatic N) is 2. The molecule has 1 aliphatic carbocycles. The Morgan fingerprint density at radius 3 is 2.22 bits per heavy atom. The van der Waals surface area contributed by atoms with Crippen LogP contribution in [-0.2, 0) is 4.79 Å². The number of carbonyl (C=O) groups is 1. The van der Waals surface area contributed by atoms with Crippen molar-refractivity contribution in [3.8, 4) is 0 Å². The third-order valence-electron chi connectivity index (χ3n) is 4.88. The normalized spacial score (nSPS) is 20.0. The molecule has 130 valence electrons. The van der Waals surface area contributed by atoms with E-state index in [2.05, 4.69) is 4.90 Å². The molecular weight excluding hydrogens is 333 g/mol. The first-order valence-electron chi connectivity index (χ1n) is 8.06. The highest BCUT2D eigenvalue weighted by molar-refractivity contribution is 5.85. The van der Waals surface area contributed by atoms with E-state index in [-0.39, 0.29) is 36.8 Å². The van der Waals surface area contributed by atoms with Crippen LogP contribution in [0.3, 0.4) is 0 Å². The van der Waals surface area contributed by atoms with Gasteiger partial charge in [0.25, 0.3) is 0 Å². The molecule has 23 heavy (non-hydrogen) atoms. The summed E-state index contributed by atoms with van der Waals surface area (Å²) in [7, 11) is 0. The van der Waals surface area contributed by atoms with Gasteiger partial charge in [-0.05, 0) is 18.4 Å². The summed E-state index contributed by atoms with van der Waals surface area (Å²) < 4.78 is 0. The van der Waals surface area contributed by atoms with Crippen molar-refractivity contribution in [2.75, 3.05) is 26.2 Å². The maximum Gasteiger partial charge on any atom is 0.224 e. The highest BCUT2D eigenvalue weighted by atomic mass is 35.5. The third-order valence-corrected chi connectivity index (χ3v) is 4.88. The molecule has 2 N–H and O–H groups in total. The number of hydrogen-bond acceptors (Lipinski definition) is 3. The van der Waals surface area contributed by atoms with Crippen molar-refractivity contribution in [2.45, 2.75) is 37.8 Å². The molecule has 1 aromatic rings. The summed E-state index contributed by atoms with van der Waals surface area (Å²) in [6.45, 7) is 3.77. The van der Waals surface area contributed by atoms with Crippen molar-refractivity contribution >= 4 is 30.7 Å². The fraction of sp³-hybridized carbons (Fsp3) is 0.588. The molecular formula is C17H27Cl2N3O. The zero-order valence-corrected chi connectivity index (χ0v) is 15.0. The van der Waals surface area contributed by atoms with Gasteiger partial charge in [0.05, 0.1) is 0 Å². The van der Waals surface area contributed by atoms with Crippen LogP contribution in [0.2, 0.25) is 0 Å². The first kappa shape index (κ1) is 20.2. The number of carbonyl (C=O) groups excluding carboxylic acids is 1. The number of amides is 1. The average molecular weight is 360 g/mol. The van der Waals surface area contributed by atoms with E-state index in [1.54, 1.807) is 0 Å². The molecule has 2 aliphatic rings. The van der Waals surface area contributed by atoms with E-state index in [9.17, 15) is 4.79 Å². The van der Waals surface area contributed by atoms with Crippen LogP contribution in [0.15, 0.2) is 30.3 Å². The Morgan fingerprint density at radius 1 is 1.09 bits per heavy atom. The zero-order chi connectivity index (χ0) is 14.7. The highest BCUT2D eigenvalue weighted by Crippen LogP contribution is 2.25. The summed E-state index contributed by atoms with van der Waals surface area (Å²) in [6, 6.07) is 10.5. The van der Waals surface area contributed by atoms with E-state index < -0.39 is 0 Å². The standard InChI is InChI=1S/C17H25N3O.2ClH/c18-16(14-5-2-1-3-6-14)13-17(21)20-11-9-19(10-12-20)15-7-4-8-15;;/h1-3,5-6,15-16H,4,7-13,18H2;2*1H. The third kappa shape index (κ3) is 5.08. The van der Waals surface area contributed by atoms with Crippen molar-refractivity contribution in [1.82, 2.24) is 9.80 Å². The van der Waals surface area contributed by atoms with Crippen LogP contribution in [-0.4, -0.2) is 47.9 Å². The predicted octanol–water partition coefficient (Wildman–Crippen LogP) is 2.62. The zero-order valence-electron chi connectivity index (χ0n) is 13.4. The molecule has 1 aliphatic heterocycles. The van der Waals surface area contributed by atoms with Crippen molar-refractivity contribution in [2.24, 2.45) is 5.73 Å². The van der Waals surface area contributed by atoms with Crippen molar-refractivity contribution in [1.29, 1.82) is 0 Å². The van der Waals surface area contributed by atoms with E-state index in [0.29, 0.717) is 6.42 Å². The lowest BCUT2D eigenvalue weighted by molar-refractivity contribution is -0.134. The summed E-state index contributed by atoms with van der Waals surface area (Å²) >= 11 is 0. The number of piperazine rings is 1. The molecule has 6 heteroatoms. The number of benzene rings is 1. The number of rotatable bonds is 4. The Kier molecular flexibility index (Phi) is 8.34. The molecule has 1 saturated heterocycles. The monoisotopic (exact) mass is 359 g/mol. The van der Waals surface area contributed by atoms with E-state index in [4.69, 9.17) is 5.73 Å². The second-order valence-corrected chi connectivity index (χ2v) is 6.22. The van der Waals surface area contributed by atoms with E-state index in [0.717, 1.165) is 37.8 Å². The molecule has 1 aromatic carbocycles. The Labute approximate surface area is 151 Å². The van der Waals surface area contributed by atoms with Gasteiger partial charge in [0, 0.05) is 44.7 Å². The summed E-state index contributed by atoms with van der Waals surface area (Å²) in [5.74, 6) is 0.194. The fourth-order valence-corrected chi connectivity index (χ4v) is 3.22. The number of halogens is 2. The summed E-state index contributed by atoms with van der Waals surface area (Å²) in [4.78, 5) is 16.9. The van der Waals surface area contributed by atoms with Crippen LogP contribution in [0.25, 0.3) is 0 Å². The van der Waals surface area contributed by atoms with Gasteiger partial charge in [0.15, 0.2) is 0 Å². The maximum absolute atomic E-state index is 12.4. The average Bonchev–Trinajstić information content (AvgIpc) is 2.47. The summed E-state index contributed by atoms with van der Waals surface area (Å²) in [6.07, 6.45) is 4.46. The SMILES string of the molecule is Cl.Cl.NC(CC(=O)N1CCN(C2CCC2)CC1)c1ccccc1. The maximum atomic E-state index is 12.4. The molecule has 1 saturated carbocycles. The fourth-order valence-electron chi connectivity index (χ4n) is 3.22. The molecule has 1 atom stereocenters. The molecule has 4 nitrogen and oxygen atoms in total. The Bertz CT molecular complexity index is 474. The van der Waals surface area contributed by atoms with E-state index in [1.807, 2.05) is 35.2 Å². The van der Waals surface area contributed by atoms with E-state index >= 15 is 0 Å². The largest absolute Gasteiger partial charge is 0.340 e. The molecule has 0 aromatic heterocycles. The summed E-state index contributed by atoms with van der Waals surface area (Å²) in [5, 5.41) is 0. The lowest BCUT2D eigenvalue weighted by atomic mass is 9.91. The second kappa shape index (κ2) is 9.48.